The quantitative estimate of drug-likeness (QED) is 0.400. The van der Waals surface area contributed by atoms with Crippen LogP contribution < -0.4 is 0 Å². The molecular weight excluding hydrogens is 232 g/mol. The van der Waals surface area contributed by atoms with Crippen molar-refractivity contribution in [3.63, 3.8) is 0 Å². The van der Waals surface area contributed by atoms with Crippen LogP contribution in [0.25, 0.3) is 0 Å². The number of unbranched alkanes of at least 4 members (excludes halogenated alkanes) is 2. The lowest BCUT2D eigenvalue weighted by Crippen LogP contribution is -1.99. The third-order valence-electron chi connectivity index (χ3n) is 2.66. The van der Waals surface area contributed by atoms with E-state index in [-0.39, 0.29) is 5.78 Å². The van der Waals surface area contributed by atoms with Crippen molar-refractivity contribution >= 4 is 17.5 Å². The van der Waals surface area contributed by atoms with Gasteiger partial charge in [-0.2, -0.15) is 0 Å². The Bertz CT molecular complexity index is 333. The second kappa shape index (κ2) is 8.31. The maximum atomic E-state index is 11.8. The highest BCUT2D eigenvalue weighted by molar-refractivity contribution is 7.98. The molecule has 0 bridgehead atoms. The molecule has 1 aromatic carbocycles. The Labute approximate surface area is 108 Å². The average molecular weight is 252 g/mol. The minimum absolute atomic E-state index is 0.245. The summed E-state index contributed by atoms with van der Waals surface area (Å²) in [7, 11) is 1.71. The van der Waals surface area contributed by atoms with Crippen LogP contribution in [-0.2, 0) is 4.74 Å². The molecule has 0 atom stereocenters. The Morgan fingerprint density at radius 1 is 1.18 bits per heavy atom. The number of rotatable bonds is 8. The molecule has 0 saturated carbocycles. The van der Waals surface area contributed by atoms with E-state index in [1.54, 1.807) is 18.9 Å². The summed E-state index contributed by atoms with van der Waals surface area (Å²) in [4.78, 5) is 13.0. The van der Waals surface area contributed by atoms with Crippen molar-refractivity contribution < 1.29 is 9.53 Å². The zero-order valence-electron chi connectivity index (χ0n) is 10.6. The molecule has 94 valence electrons. The summed E-state index contributed by atoms with van der Waals surface area (Å²) in [5.74, 6) is 0.245. The van der Waals surface area contributed by atoms with Crippen LogP contribution in [0.3, 0.4) is 0 Å². The van der Waals surface area contributed by atoms with Gasteiger partial charge in [0.2, 0.25) is 0 Å². The molecule has 0 unspecified atom stereocenters. The first-order valence-electron chi connectivity index (χ1n) is 5.94. The van der Waals surface area contributed by atoms with E-state index < -0.39 is 0 Å². The van der Waals surface area contributed by atoms with Crippen molar-refractivity contribution in [2.24, 2.45) is 0 Å². The molecule has 0 amide bonds. The largest absolute Gasteiger partial charge is 0.385 e. The standard InChI is InChI=1S/C14H20O2S/c1-16-11-5-3-4-6-14(15)12-7-9-13(17-2)10-8-12/h7-10H,3-6,11H2,1-2H3. The highest BCUT2D eigenvalue weighted by Crippen LogP contribution is 2.16. The summed E-state index contributed by atoms with van der Waals surface area (Å²) >= 11 is 1.69. The van der Waals surface area contributed by atoms with Gasteiger partial charge < -0.3 is 4.74 Å². The van der Waals surface area contributed by atoms with Crippen molar-refractivity contribution in [1.29, 1.82) is 0 Å². The molecule has 3 heteroatoms. The number of methoxy groups -OCH3 is 1. The van der Waals surface area contributed by atoms with E-state index in [9.17, 15) is 4.79 Å². The van der Waals surface area contributed by atoms with Crippen molar-refractivity contribution in [3.8, 4) is 0 Å². The van der Waals surface area contributed by atoms with Gasteiger partial charge in [0.1, 0.15) is 0 Å². The third-order valence-corrected chi connectivity index (χ3v) is 3.41. The van der Waals surface area contributed by atoms with Gasteiger partial charge in [0.05, 0.1) is 0 Å². The fourth-order valence-electron chi connectivity index (χ4n) is 1.63. The van der Waals surface area contributed by atoms with Gasteiger partial charge in [-0.3, -0.25) is 4.79 Å². The van der Waals surface area contributed by atoms with Crippen LogP contribution in [0.4, 0.5) is 0 Å². The van der Waals surface area contributed by atoms with E-state index in [0.717, 1.165) is 31.4 Å². The summed E-state index contributed by atoms with van der Waals surface area (Å²) < 4.78 is 4.97. The number of ketones is 1. The first kappa shape index (κ1) is 14.3. The number of Topliss-reactive ketones (excluding diaryl/α,β-unsaturated/α-hetero) is 1. The van der Waals surface area contributed by atoms with Gasteiger partial charge in [-0.1, -0.05) is 18.6 Å². The topological polar surface area (TPSA) is 26.3 Å². The number of ether oxygens (including phenoxy) is 1. The van der Waals surface area contributed by atoms with Crippen LogP contribution >= 0.6 is 11.8 Å². The zero-order chi connectivity index (χ0) is 12.5. The minimum atomic E-state index is 0.245. The SMILES string of the molecule is COCCCCCC(=O)c1ccc(SC)cc1. The Balaban J connectivity index is 2.31. The maximum absolute atomic E-state index is 11.8. The van der Waals surface area contributed by atoms with Gasteiger partial charge in [0.15, 0.2) is 5.78 Å². The molecule has 1 rings (SSSR count). The monoisotopic (exact) mass is 252 g/mol. The number of hydrogen-bond donors (Lipinski definition) is 0. The summed E-state index contributed by atoms with van der Waals surface area (Å²) in [6.45, 7) is 0.788. The van der Waals surface area contributed by atoms with Crippen LogP contribution in [0.1, 0.15) is 36.0 Å². The van der Waals surface area contributed by atoms with Crippen LogP contribution in [-0.4, -0.2) is 25.8 Å². The van der Waals surface area contributed by atoms with Gasteiger partial charge in [-0.05, 0) is 31.2 Å². The third kappa shape index (κ3) is 5.37. The Morgan fingerprint density at radius 3 is 2.47 bits per heavy atom. The minimum Gasteiger partial charge on any atom is -0.385 e. The molecule has 2 nitrogen and oxygen atoms in total. The van der Waals surface area contributed by atoms with Gasteiger partial charge >= 0.3 is 0 Å². The Hall–Kier alpha value is -0.800. The lowest BCUT2D eigenvalue weighted by Gasteiger charge is -2.02. The van der Waals surface area contributed by atoms with Gasteiger partial charge in [-0.15, -0.1) is 11.8 Å². The highest BCUT2D eigenvalue weighted by Gasteiger charge is 2.05. The molecular formula is C14H20O2S. The summed E-state index contributed by atoms with van der Waals surface area (Å²) in [5, 5.41) is 0. The molecule has 0 fully saturated rings. The second-order valence-corrected chi connectivity index (χ2v) is 4.83. The van der Waals surface area contributed by atoms with E-state index in [0.29, 0.717) is 6.42 Å². The smallest absolute Gasteiger partial charge is 0.162 e. The summed E-state index contributed by atoms with van der Waals surface area (Å²) in [6.07, 6.45) is 5.72. The predicted octanol–water partition coefficient (Wildman–Crippen LogP) is 3.80. The molecule has 0 aromatic heterocycles. The van der Waals surface area contributed by atoms with Gasteiger partial charge in [0, 0.05) is 30.6 Å². The zero-order valence-corrected chi connectivity index (χ0v) is 11.4. The van der Waals surface area contributed by atoms with Crippen molar-refractivity contribution in [3.05, 3.63) is 29.8 Å². The predicted molar refractivity (Wildman–Crippen MR) is 72.9 cm³/mol. The molecule has 0 radical (unpaired) electrons. The van der Waals surface area contributed by atoms with Gasteiger partial charge in [0.25, 0.3) is 0 Å². The van der Waals surface area contributed by atoms with Crippen LogP contribution in [0.15, 0.2) is 29.2 Å². The fraction of sp³-hybridized carbons (Fsp3) is 0.500. The van der Waals surface area contributed by atoms with Crippen molar-refractivity contribution in [1.82, 2.24) is 0 Å². The Morgan fingerprint density at radius 2 is 1.88 bits per heavy atom. The molecule has 0 aliphatic carbocycles. The van der Waals surface area contributed by atoms with Crippen LogP contribution in [0, 0.1) is 0 Å². The molecule has 0 N–H and O–H groups in total. The molecule has 1 aromatic rings. The lowest BCUT2D eigenvalue weighted by molar-refractivity contribution is 0.0977. The maximum Gasteiger partial charge on any atom is 0.162 e. The average Bonchev–Trinajstić information content (AvgIpc) is 2.38. The number of carbonyl (C=O) groups is 1. The van der Waals surface area contributed by atoms with Gasteiger partial charge in [-0.25, -0.2) is 0 Å². The normalized spacial score (nSPS) is 10.5. The van der Waals surface area contributed by atoms with E-state index >= 15 is 0 Å². The highest BCUT2D eigenvalue weighted by atomic mass is 32.2. The Kier molecular flexibility index (Phi) is 6.97. The fourth-order valence-corrected chi connectivity index (χ4v) is 2.04. The number of thioether (sulfide) groups is 1. The molecule has 0 saturated heterocycles. The second-order valence-electron chi connectivity index (χ2n) is 3.96. The first-order chi connectivity index (χ1) is 8.27. The molecule has 0 heterocycles. The van der Waals surface area contributed by atoms with Crippen LogP contribution in [0.2, 0.25) is 0 Å². The van der Waals surface area contributed by atoms with Crippen molar-refractivity contribution in [2.75, 3.05) is 20.0 Å². The molecule has 0 aliphatic heterocycles. The molecule has 0 spiro atoms. The summed E-state index contributed by atoms with van der Waals surface area (Å²) in [6, 6.07) is 7.85. The van der Waals surface area contributed by atoms with Crippen LogP contribution in [0.5, 0.6) is 0 Å². The number of carbonyl (C=O) groups excluding carboxylic acids is 1. The van der Waals surface area contributed by atoms with Crippen molar-refractivity contribution in [2.45, 2.75) is 30.6 Å². The lowest BCUT2D eigenvalue weighted by atomic mass is 10.1. The number of benzene rings is 1. The van der Waals surface area contributed by atoms with E-state index in [2.05, 4.69) is 0 Å². The summed E-state index contributed by atoms with van der Waals surface area (Å²) in [5.41, 5.74) is 0.828. The first-order valence-corrected chi connectivity index (χ1v) is 7.16. The van der Waals surface area contributed by atoms with E-state index in [4.69, 9.17) is 4.74 Å². The van der Waals surface area contributed by atoms with E-state index in [1.807, 2.05) is 30.5 Å². The van der Waals surface area contributed by atoms with E-state index in [1.165, 1.54) is 4.90 Å². The number of hydrogen-bond acceptors (Lipinski definition) is 3. The molecule has 0 aliphatic rings. The molecule has 17 heavy (non-hydrogen) atoms.